The molecular formula is C21H16Cl2N2O4. The molecule has 0 atom stereocenters. The molecule has 2 aromatic carbocycles. The van der Waals surface area contributed by atoms with Crippen LogP contribution in [0.4, 0.5) is 5.69 Å². The Morgan fingerprint density at radius 3 is 2.55 bits per heavy atom. The zero-order chi connectivity index (χ0) is 21.0. The fourth-order valence-corrected chi connectivity index (χ4v) is 3.28. The van der Waals surface area contributed by atoms with Crippen LogP contribution in [0, 0.1) is 6.92 Å². The van der Waals surface area contributed by atoms with Gasteiger partial charge in [0.15, 0.2) is 0 Å². The molecule has 1 amide bonds. The normalized spacial score (nSPS) is 10.4. The lowest BCUT2D eigenvalue weighted by Gasteiger charge is -2.11. The SMILES string of the molecule is C=CCOC(=O)c1ccccc1NC(=O)c1c(-c2c(Cl)cccc2Cl)noc1C. The predicted octanol–water partition coefficient (Wildman–Crippen LogP) is 5.55. The smallest absolute Gasteiger partial charge is 0.340 e. The van der Waals surface area contributed by atoms with E-state index in [0.717, 1.165) is 0 Å². The van der Waals surface area contributed by atoms with E-state index < -0.39 is 11.9 Å². The molecule has 29 heavy (non-hydrogen) atoms. The molecule has 1 N–H and O–H groups in total. The number of hydrogen-bond donors (Lipinski definition) is 1. The highest BCUT2D eigenvalue weighted by molar-refractivity contribution is 6.39. The monoisotopic (exact) mass is 430 g/mol. The van der Waals surface area contributed by atoms with Gasteiger partial charge in [0.25, 0.3) is 5.91 Å². The second kappa shape index (κ2) is 8.94. The van der Waals surface area contributed by atoms with Crippen molar-refractivity contribution in [3.05, 3.63) is 82.1 Å². The van der Waals surface area contributed by atoms with E-state index in [1.54, 1.807) is 49.4 Å². The third-order valence-electron chi connectivity index (χ3n) is 4.02. The van der Waals surface area contributed by atoms with E-state index in [2.05, 4.69) is 17.1 Å². The number of anilines is 1. The number of esters is 1. The second-order valence-electron chi connectivity index (χ2n) is 5.95. The van der Waals surface area contributed by atoms with Crippen LogP contribution in [0.3, 0.4) is 0 Å². The molecule has 3 rings (SSSR count). The van der Waals surface area contributed by atoms with E-state index in [1.807, 2.05) is 0 Å². The average Bonchev–Trinajstić information content (AvgIpc) is 3.07. The lowest BCUT2D eigenvalue weighted by molar-refractivity contribution is 0.0551. The van der Waals surface area contributed by atoms with Gasteiger partial charge in [0, 0.05) is 5.56 Å². The minimum atomic E-state index is -0.586. The van der Waals surface area contributed by atoms with Crippen molar-refractivity contribution < 1.29 is 18.8 Å². The molecule has 0 bridgehead atoms. The number of rotatable bonds is 6. The first-order valence-electron chi connectivity index (χ1n) is 8.53. The lowest BCUT2D eigenvalue weighted by atomic mass is 10.0. The summed E-state index contributed by atoms with van der Waals surface area (Å²) in [5, 5.41) is 7.32. The Balaban J connectivity index is 1.97. The number of para-hydroxylation sites is 1. The van der Waals surface area contributed by atoms with Crippen LogP contribution >= 0.6 is 23.2 Å². The number of amides is 1. The van der Waals surface area contributed by atoms with Gasteiger partial charge in [-0.1, -0.05) is 59.2 Å². The number of carbonyl (C=O) groups is 2. The molecular weight excluding hydrogens is 415 g/mol. The summed E-state index contributed by atoms with van der Waals surface area (Å²) in [5.74, 6) is -0.837. The summed E-state index contributed by atoms with van der Waals surface area (Å²) >= 11 is 12.5. The fourth-order valence-electron chi connectivity index (χ4n) is 2.70. The van der Waals surface area contributed by atoms with Gasteiger partial charge >= 0.3 is 5.97 Å². The summed E-state index contributed by atoms with van der Waals surface area (Å²) in [6.07, 6.45) is 1.46. The molecule has 3 aromatic rings. The van der Waals surface area contributed by atoms with Crippen LogP contribution in [0.5, 0.6) is 0 Å². The number of aryl methyl sites for hydroxylation is 1. The number of aromatic nitrogens is 1. The third-order valence-corrected chi connectivity index (χ3v) is 4.65. The van der Waals surface area contributed by atoms with Crippen molar-refractivity contribution in [1.29, 1.82) is 0 Å². The summed E-state index contributed by atoms with van der Waals surface area (Å²) < 4.78 is 10.3. The number of nitrogens with zero attached hydrogens (tertiary/aromatic N) is 1. The van der Waals surface area contributed by atoms with Crippen molar-refractivity contribution in [1.82, 2.24) is 5.16 Å². The zero-order valence-corrected chi connectivity index (χ0v) is 16.9. The van der Waals surface area contributed by atoms with E-state index in [4.69, 9.17) is 32.5 Å². The Bertz CT molecular complexity index is 1070. The van der Waals surface area contributed by atoms with Crippen LogP contribution in [-0.4, -0.2) is 23.6 Å². The van der Waals surface area contributed by atoms with Crippen molar-refractivity contribution >= 4 is 40.8 Å². The molecule has 0 fully saturated rings. The lowest BCUT2D eigenvalue weighted by Crippen LogP contribution is -2.17. The van der Waals surface area contributed by atoms with E-state index in [9.17, 15) is 9.59 Å². The minimum absolute atomic E-state index is 0.0566. The summed E-state index contributed by atoms with van der Waals surface area (Å²) in [7, 11) is 0. The number of hydrogen-bond acceptors (Lipinski definition) is 5. The van der Waals surface area contributed by atoms with Crippen LogP contribution in [-0.2, 0) is 4.74 Å². The van der Waals surface area contributed by atoms with Crippen LogP contribution in [0.1, 0.15) is 26.5 Å². The maximum atomic E-state index is 13.0. The van der Waals surface area contributed by atoms with Crippen molar-refractivity contribution in [3.8, 4) is 11.3 Å². The van der Waals surface area contributed by atoms with Gasteiger partial charge < -0.3 is 14.6 Å². The third kappa shape index (κ3) is 4.34. The van der Waals surface area contributed by atoms with Crippen molar-refractivity contribution in [2.45, 2.75) is 6.92 Å². The highest BCUT2D eigenvalue weighted by Crippen LogP contribution is 2.37. The standard InChI is InChI=1S/C21H16Cl2N2O4/c1-3-11-28-21(27)13-7-4-5-10-16(13)24-20(26)17-12(2)29-25-19(17)18-14(22)8-6-9-15(18)23/h3-10H,1,11H2,2H3,(H,24,26). The highest BCUT2D eigenvalue weighted by atomic mass is 35.5. The predicted molar refractivity (Wildman–Crippen MR) is 112 cm³/mol. The molecule has 0 radical (unpaired) electrons. The van der Waals surface area contributed by atoms with Crippen LogP contribution in [0.15, 0.2) is 59.6 Å². The Labute approximate surface area is 177 Å². The van der Waals surface area contributed by atoms with E-state index in [1.165, 1.54) is 6.08 Å². The summed E-state index contributed by atoms with van der Waals surface area (Å²) in [6, 6.07) is 11.5. The van der Waals surface area contributed by atoms with Gasteiger partial charge in [-0.25, -0.2) is 4.79 Å². The molecule has 0 spiro atoms. The van der Waals surface area contributed by atoms with Crippen LogP contribution in [0.25, 0.3) is 11.3 Å². The first-order valence-corrected chi connectivity index (χ1v) is 9.28. The summed E-state index contributed by atoms with van der Waals surface area (Å²) in [4.78, 5) is 25.3. The van der Waals surface area contributed by atoms with Gasteiger partial charge in [-0.2, -0.15) is 0 Å². The maximum absolute atomic E-state index is 13.0. The van der Waals surface area contributed by atoms with Crippen molar-refractivity contribution in [3.63, 3.8) is 0 Å². The number of carbonyl (C=O) groups excluding carboxylic acids is 2. The van der Waals surface area contributed by atoms with Gasteiger partial charge in [0.1, 0.15) is 23.6 Å². The molecule has 6 nitrogen and oxygen atoms in total. The molecule has 0 saturated carbocycles. The molecule has 0 aliphatic rings. The number of benzene rings is 2. The number of ether oxygens (including phenoxy) is 1. The van der Waals surface area contributed by atoms with Gasteiger partial charge in [0.05, 0.1) is 21.3 Å². The maximum Gasteiger partial charge on any atom is 0.340 e. The van der Waals surface area contributed by atoms with Crippen molar-refractivity contribution in [2.24, 2.45) is 0 Å². The van der Waals surface area contributed by atoms with E-state index >= 15 is 0 Å². The number of halogens is 2. The zero-order valence-electron chi connectivity index (χ0n) is 15.4. The first-order chi connectivity index (χ1) is 13.9. The highest BCUT2D eigenvalue weighted by Gasteiger charge is 2.26. The molecule has 8 heteroatoms. The Hall–Kier alpha value is -3.09. The minimum Gasteiger partial charge on any atom is -0.458 e. The van der Waals surface area contributed by atoms with Gasteiger partial charge in [-0.05, 0) is 31.2 Å². The first kappa shape index (κ1) is 20.6. The average molecular weight is 431 g/mol. The molecule has 1 heterocycles. The summed E-state index contributed by atoms with van der Waals surface area (Å²) in [5.41, 5.74) is 1.24. The van der Waals surface area contributed by atoms with E-state index in [-0.39, 0.29) is 34.9 Å². The number of nitrogens with one attached hydrogen (secondary N) is 1. The van der Waals surface area contributed by atoms with Crippen LogP contribution < -0.4 is 5.32 Å². The fraction of sp³-hybridized carbons (Fsp3) is 0.0952. The summed E-state index contributed by atoms with van der Waals surface area (Å²) in [6.45, 7) is 5.16. The quantitative estimate of drug-likeness (QED) is 0.409. The van der Waals surface area contributed by atoms with Gasteiger partial charge in [-0.3, -0.25) is 4.79 Å². The molecule has 0 aliphatic heterocycles. The van der Waals surface area contributed by atoms with Gasteiger partial charge in [0.2, 0.25) is 0 Å². The molecule has 0 unspecified atom stereocenters. The largest absolute Gasteiger partial charge is 0.458 e. The molecule has 0 aliphatic carbocycles. The van der Waals surface area contributed by atoms with Crippen molar-refractivity contribution in [2.75, 3.05) is 11.9 Å². The van der Waals surface area contributed by atoms with E-state index in [0.29, 0.717) is 15.6 Å². The topological polar surface area (TPSA) is 81.4 Å². The molecule has 1 aromatic heterocycles. The molecule has 148 valence electrons. The second-order valence-corrected chi connectivity index (χ2v) is 6.76. The Morgan fingerprint density at radius 2 is 1.86 bits per heavy atom. The Morgan fingerprint density at radius 1 is 1.17 bits per heavy atom. The molecule has 0 saturated heterocycles. The van der Waals surface area contributed by atoms with Gasteiger partial charge in [-0.15, -0.1) is 0 Å². The Kier molecular flexibility index (Phi) is 6.36. The van der Waals surface area contributed by atoms with Crippen LogP contribution in [0.2, 0.25) is 10.0 Å².